The third kappa shape index (κ3) is 4.27. The number of rotatable bonds is 4. The lowest BCUT2D eigenvalue weighted by atomic mass is 9.91. The van der Waals surface area contributed by atoms with Crippen molar-refractivity contribution in [1.82, 2.24) is 0 Å². The molecular weight excluding hydrogens is 226 g/mol. The van der Waals surface area contributed by atoms with Crippen LogP contribution in [-0.2, 0) is 6.42 Å². The van der Waals surface area contributed by atoms with Gasteiger partial charge in [0.2, 0.25) is 0 Å². The van der Waals surface area contributed by atoms with Crippen LogP contribution >= 0.6 is 11.8 Å². The van der Waals surface area contributed by atoms with Crippen LogP contribution in [0.25, 0.3) is 0 Å². The summed E-state index contributed by atoms with van der Waals surface area (Å²) in [6.45, 7) is 2.40. The van der Waals surface area contributed by atoms with E-state index in [9.17, 15) is 0 Å². The number of hydrogen-bond acceptors (Lipinski definition) is 2. The molecule has 0 aromatic heterocycles. The minimum absolute atomic E-state index is 0.863. The normalized spacial score (nSPS) is 24.8. The van der Waals surface area contributed by atoms with E-state index in [0.29, 0.717) is 0 Å². The predicted octanol–water partition coefficient (Wildman–Crippen LogP) is 4.12. The van der Waals surface area contributed by atoms with E-state index in [1.54, 1.807) is 0 Å². The first kappa shape index (κ1) is 12.8. The second-order valence-corrected chi connectivity index (χ2v) is 6.66. The third-order valence-corrected chi connectivity index (χ3v) is 4.95. The standard InChI is InChI=1S/C15H23NS/c1-12-3-2-4-15(11-12)17-10-9-13-5-7-14(16)8-6-13/h5-8,12,15H,2-4,9-11,16H2,1H3. The molecule has 0 spiro atoms. The Labute approximate surface area is 109 Å². The molecule has 0 aliphatic heterocycles. The van der Waals surface area contributed by atoms with Crippen molar-refractivity contribution in [3.05, 3.63) is 29.8 Å². The fourth-order valence-corrected chi connectivity index (χ4v) is 4.04. The third-order valence-electron chi connectivity index (χ3n) is 3.61. The van der Waals surface area contributed by atoms with Crippen LogP contribution in [0.2, 0.25) is 0 Å². The van der Waals surface area contributed by atoms with Crippen LogP contribution in [0.5, 0.6) is 0 Å². The molecule has 0 amide bonds. The van der Waals surface area contributed by atoms with Crippen molar-refractivity contribution < 1.29 is 0 Å². The molecule has 1 aromatic carbocycles. The lowest BCUT2D eigenvalue weighted by molar-refractivity contribution is 0.394. The van der Waals surface area contributed by atoms with Crippen molar-refractivity contribution in [2.24, 2.45) is 5.92 Å². The van der Waals surface area contributed by atoms with Gasteiger partial charge in [0.1, 0.15) is 0 Å². The van der Waals surface area contributed by atoms with Gasteiger partial charge in [0.15, 0.2) is 0 Å². The molecule has 0 saturated heterocycles. The maximum atomic E-state index is 5.68. The van der Waals surface area contributed by atoms with Crippen molar-refractivity contribution in [2.75, 3.05) is 11.5 Å². The van der Waals surface area contributed by atoms with E-state index in [2.05, 4.69) is 30.8 Å². The summed E-state index contributed by atoms with van der Waals surface area (Å²) in [5.74, 6) is 2.19. The van der Waals surface area contributed by atoms with Crippen LogP contribution in [0.1, 0.15) is 38.2 Å². The van der Waals surface area contributed by atoms with Crippen LogP contribution in [0.15, 0.2) is 24.3 Å². The molecule has 2 N–H and O–H groups in total. The molecule has 2 unspecified atom stereocenters. The van der Waals surface area contributed by atoms with Crippen molar-refractivity contribution in [1.29, 1.82) is 0 Å². The van der Waals surface area contributed by atoms with E-state index in [-0.39, 0.29) is 0 Å². The molecule has 1 saturated carbocycles. The quantitative estimate of drug-likeness (QED) is 0.812. The summed E-state index contributed by atoms with van der Waals surface area (Å²) >= 11 is 2.17. The summed E-state index contributed by atoms with van der Waals surface area (Å²) in [5.41, 5.74) is 7.96. The number of nitrogens with two attached hydrogens (primary N) is 1. The van der Waals surface area contributed by atoms with E-state index in [1.165, 1.54) is 43.4 Å². The molecule has 17 heavy (non-hydrogen) atoms. The fraction of sp³-hybridized carbons (Fsp3) is 0.600. The number of aryl methyl sites for hydroxylation is 1. The van der Waals surface area contributed by atoms with Crippen LogP contribution in [0, 0.1) is 5.92 Å². The van der Waals surface area contributed by atoms with Crippen molar-refractivity contribution >= 4 is 17.4 Å². The van der Waals surface area contributed by atoms with Gasteiger partial charge in [-0.1, -0.05) is 31.9 Å². The van der Waals surface area contributed by atoms with Gasteiger partial charge in [-0.25, -0.2) is 0 Å². The predicted molar refractivity (Wildman–Crippen MR) is 78.4 cm³/mol. The molecule has 1 aromatic rings. The number of hydrogen-bond donors (Lipinski definition) is 1. The highest BCUT2D eigenvalue weighted by Gasteiger charge is 2.18. The summed E-state index contributed by atoms with van der Waals surface area (Å²) in [5, 5.41) is 0.910. The molecule has 0 bridgehead atoms. The topological polar surface area (TPSA) is 26.0 Å². The molecule has 0 heterocycles. The Morgan fingerprint density at radius 1 is 1.24 bits per heavy atom. The molecular formula is C15H23NS. The summed E-state index contributed by atoms with van der Waals surface area (Å²) < 4.78 is 0. The van der Waals surface area contributed by atoms with Gasteiger partial charge in [-0.05, 0) is 48.6 Å². The minimum Gasteiger partial charge on any atom is -0.399 e. The minimum atomic E-state index is 0.863. The average Bonchev–Trinajstić information content (AvgIpc) is 2.32. The Morgan fingerprint density at radius 2 is 2.00 bits per heavy atom. The number of nitrogen functional groups attached to an aromatic ring is 1. The highest BCUT2D eigenvalue weighted by molar-refractivity contribution is 7.99. The Hall–Kier alpha value is -0.630. The van der Waals surface area contributed by atoms with E-state index in [1.807, 2.05) is 12.1 Å². The maximum Gasteiger partial charge on any atom is 0.0314 e. The van der Waals surface area contributed by atoms with Gasteiger partial charge in [-0.2, -0.15) is 11.8 Å². The zero-order valence-electron chi connectivity index (χ0n) is 10.7. The smallest absolute Gasteiger partial charge is 0.0314 e. The molecule has 94 valence electrons. The zero-order valence-corrected chi connectivity index (χ0v) is 11.5. The van der Waals surface area contributed by atoms with Gasteiger partial charge < -0.3 is 5.73 Å². The zero-order chi connectivity index (χ0) is 12.1. The van der Waals surface area contributed by atoms with E-state index < -0.39 is 0 Å². The Morgan fingerprint density at radius 3 is 2.71 bits per heavy atom. The molecule has 1 fully saturated rings. The molecule has 1 aliphatic carbocycles. The van der Waals surface area contributed by atoms with Gasteiger partial charge >= 0.3 is 0 Å². The highest BCUT2D eigenvalue weighted by atomic mass is 32.2. The molecule has 0 radical (unpaired) electrons. The first-order chi connectivity index (χ1) is 8.24. The van der Waals surface area contributed by atoms with Crippen LogP contribution in [-0.4, -0.2) is 11.0 Å². The summed E-state index contributed by atoms with van der Waals surface area (Å²) in [7, 11) is 0. The Bertz CT molecular complexity index is 333. The molecule has 2 atom stereocenters. The van der Waals surface area contributed by atoms with Gasteiger partial charge in [0.25, 0.3) is 0 Å². The van der Waals surface area contributed by atoms with Crippen molar-refractivity contribution in [2.45, 2.75) is 44.3 Å². The Balaban J connectivity index is 1.70. The highest BCUT2D eigenvalue weighted by Crippen LogP contribution is 2.32. The first-order valence-corrected chi connectivity index (χ1v) is 7.75. The van der Waals surface area contributed by atoms with Crippen molar-refractivity contribution in [3.63, 3.8) is 0 Å². The second kappa shape index (κ2) is 6.34. The largest absolute Gasteiger partial charge is 0.399 e. The first-order valence-electron chi connectivity index (χ1n) is 6.70. The summed E-state index contributed by atoms with van der Waals surface area (Å²) in [6, 6.07) is 8.31. The average molecular weight is 249 g/mol. The van der Waals surface area contributed by atoms with Gasteiger partial charge in [-0.3, -0.25) is 0 Å². The van der Waals surface area contributed by atoms with Gasteiger partial charge in [0.05, 0.1) is 0 Å². The molecule has 2 rings (SSSR count). The lowest BCUT2D eigenvalue weighted by Gasteiger charge is -2.26. The van der Waals surface area contributed by atoms with Gasteiger partial charge in [-0.15, -0.1) is 0 Å². The maximum absolute atomic E-state index is 5.68. The van der Waals surface area contributed by atoms with Crippen molar-refractivity contribution in [3.8, 4) is 0 Å². The van der Waals surface area contributed by atoms with Crippen LogP contribution < -0.4 is 5.73 Å². The number of thioether (sulfide) groups is 1. The van der Waals surface area contributed by atoms with E-state index in [4.69, 9.17) is 5.73 Å². The van der Waals surface area contributed by atoms with Gasteiger partial charge in [0, 0.05) is 10.9 Å². The Kier molecular flexibility index (Phi) is 4.78. The summed E-state index contributed by atoms with van der Waals surface area (Å²) in [6.07, 6.45) is 6.90. The summed E-state index contributed by atoms with van der Waals surface area (Å²) in [4.78, 5) is 0. The SMILES string of the molecule is CC1CCCC(SCCc2ccc(N)cc2)C1. The van der Waals surface area contributed by atoms with E-state index >= 15 is 0 Å². The fourth-order valence-electron chi connectivity index (χ4n) is 2.56. The van der Waals surface area contributed by atoms with Crippen LogP contribution in [0.4, 0.5) is 5.69 Å². The number of benzene rings is 1. The monoisotopic (exact) mass is 249 g/mol. The molecule has 1 aliphatic rings. The van der Waals surface area contributed by atoms with E-state index in [0.717, 1.165) is 16.9 Å². The van der Waals surface area contributed by atoms with Crippen LogP contribution in [0.3, 0.4) is 0 Å². The second-order valence-electron chi connectivity index (χ2n) is 5.26. The number of anilines is 1. The lowest BCUT2D eigenvalue weighted by Crippen LogP contribution is -2.15. The molecule has 2 heteroatoms. The molecule has 1 nitrogen and oxygen atoms in total.